The molecule has 0 radical (unpaired) electrons. The van der Waals surface area contributed by atoms with Crippen molar-refractivity contribution in [3.63, 3.8) is 0 Å². The smallest absolute Gasteiger partial charge is 0.246 e. The molecule has 1 amide bonds. The summed E-state index contributed by atoms with van der Waals surface area (Å²) >= 11 is 0. The van der Waals surface area contributed by atoms with Gasteiger partial charge in [0.2, 0.25) is 11.7 Å². The molecule has 0 bridgehead atoms. The molecule has 1 aliphatic carbocycles. The fraction of sp³-hybridized carbons (Fsp3) is 0.579. The number of aryl methyl sites for hydroxylation is 1. The second-order valence-corrected chi connectivity index (χ2v) is 9.98. The molecule has 150 valence electrons. The third-order valence-electron chi connectivity index (χ3n) is 5.72. The van der Waals surface area contributed by atoms with E-state index in [0.29, 0.717) is 12.2 Å². The first-order valence-corrected chi connectivity index (χ1v) is 11.6. The van der Waals surface area contributed by atoms with E-state index in [0.717, 1.165) is 36.8 Å². The van der Waals surface area contributed by atoms with E-state index < -0.39 is 9.84 Å². The van der Waals surface area contributed by atoms with Crippen LogP contribution in [0.5, 0.6) is 0 Å². The summed E-state index contributed by atoms with van der Waals surface area (Å²) in [6.45, 7) is 1.95. The van der Waals surface area contributed by atoms with Gasteiger partial charge < -0.3 is 4.90 Å². The molecule has 2 aromatic rings. The Bertz CT molecular complexity index is 965. The Balaban J connectivity index is 1.53. The third kappa shape index (κ3) is 3.94. The number of carbonyl (C=O) groups is 1. The summed E-state index contributed by atoms with van der Waals surface area (Å²) in [7, 11) is -3.06. The number of tetrazole rings is 1. The Morgan fingerprint density at radius 1 is 1.18 bits per heavy atom. The molecule has 4 rings (SSSR count). The molecule has 9 heteroatoms. The van der Waals surface area contributed by atoms with Crippen LogP contribution in [0.3, 0.4) is 0 Å². The van der Waals surface area contributed by atoms with Crippen LogP contribution in [0.1, 0.15) is 37.7 Å². The predicted molar refractivity (Wildman–Crippen MR) is 104 cm³/mol. The minimum atomic E-state index is -3.06. The average Bonchev–Trinajstić information content (AvgIpc) is 3.38. The average molecular weight is 404 g/mol. The van der Waals surface area contributed by atoms with Crippen molar-refractivity contribution < 1.29 is 13.2 Å². The molecule has 1 saturated carbocycles. The molecule has 1 aromatic heterocycles. The van der Waals surface area contributed by atoms with Crippen molar-refractivity contribution in [1.82, 2.24) is 25.1 Å². The monoisotopic (exact) mass is 403 g/mol. The van der Waals surface area contributed by atoms with Crippen LogP contribution in [-0.4, -0.2) is 63.0 Å². The van der Waals surface area contributed by atoms with Crippen LogP contribution in [0.25, 0.3) is 11.4 Å². The van der Waals surface area contributed by atoms with Gasteiger partial charge in [0.15, 0.2) is 9.84 Å². The molecule has 2 heterocycles. The first-order valence-electron chi connectivity index (χ1n) is 9.78. The van der Waals surface area contributed by atoms with Crippen LogP contribution in [0.15, 0.2) is 24.3 Å². The van der Waals surface area contributed by atoms with Gasteiger partial charge in [0.05, 0.1) is 11.5 Å². The Kier molecular flexibility index (Phi) is 5.18. The van der Waals surface area contributed by atoms with Crippen molar-refractivity contribution in [1.29, 1.82) is 0 Å². The highest BCUT2D eigenvalue weighted by Gasteiger charge is 2.39. The Morgan fingerprint density at radius 3 is 2.61 bits per heavy atom. The number of amides is 1. The molecule has 1 atom stereocenters. The fourth-order valence-electron chi connectivity index (χ4n) is 4.33. The zero-order chi connectivity index (χ0) is 19.7. The number of hydrogen-bond acceptors (Lipinski definition) is 6. The first kappa shape index (κ1) is 19.0. The second-order valence-electron chi connectivity index (χ2n) is 7.75. The molecular formula is C19H25N5O3S. The van der Waals surface area contributed by atoms with E-state index in [4.69, 9.17) is 0 Å². The molecule has 2 fully saturated rings. The number of rotatable bonds is 5. The summed E-state index contributed by atoms with van der Waals surface area (Å²) in [5.41, 5.74) is 1.92. The topological polar surface area (TPSA) is 98.0 Å². The maximum atomic E-state index is 13.1. The van der Waals surface area contributed by atoms with E-state index in [-0.39, 0.29) is 36.0 Å². The summed E-state index contributed by atoms with van der Waals surface area (Å²) in [4.78, 5) is 16.2. The predicted octanol–water partition coefficient (Wildman–Crippen LogP) is 1.61. The minimum Gasteiger partial charge on any atom is -0.334 e. The Labute approximate surface area is 164 Å². The van der Waals surface area contributed by atoms with Crippen LogP contribution in [-0.2, 0) is 21.2 Å². The van der Waals surface area contributed by atoms with Crippen molar-refractivity contribution in [2.24, 2.45) is 0 Å². The lowest BCUT2D eigenvalue weighted by Crippen LogP contribution is -2.48. The van der Waals surface area contributed by atoms with Crippen molar-refractivity contribution in [2.45, 2.75) is 57.7 Å². The molecule has 0 N–H and O–H groups in total. The molecule has 2 aliphatic rings. The van der Waals surface area contributed by atoms with Gasteiger partial charge in [0.25, 0.3) is 0 Å². The zero-order valence-corrected chi connectivity index (χ0v) is 16.8. The number of nitrogens with zero attached hydrogens (tertiary/aromatic N) is 5. The van der Waals surface area contributed by atoms with Crippen LogP contribution < -0.4 is 0 Å². The largest absolute Gasteiger partial charge is 0.334 e. The Hall–Kier alpha value is -2.29. The van der Waals surface area contributed by atoms with Crippen molar-refractivity contribution in [3.8, 4) is 11.4 Å². The highest BCUT2D eigenvalue weighted by molar-refractivity contribution is 7.91. The van der Waals surface area contributed by atoms with Crippen LogP contribution in [0, 0.1) is 6.92 Å². The highest BCUT2D eigenvalue weighted by atomic mass is 32.2. The molecule has 8 nitrogen and oxygen atoms in total. The summed E-state index contributed by atoms with van der Waals surface area (Å²) in [5, 5.41) is 12.5. The number of hydrogen-bond donors (Lipinski definition) is 0. The van der Waals surface area contributed by atoms with Gasteiger partial charge in [-0.15, -0.1) is 10.2 Å². The van der Waals surface area contributed by atoms with E-state index in [1.54, 1.807) is 0 Å². The van der Waals surface area contributed by atoms with E-state index in [2.05, 4.69) is 15.4 Å². The molecule has 28 heavy (non-hydrogen) atoms. The molecule has 1 aliphatic heterocycles. The van der Waals surface area contributed by atoms with E-state index >= 15 is 0 Å². The lowest BCUT2D eigenvalue weighted by Gasteiger charge is -2.33. The molecule has 1 aromatic carbocycles. The number of aromatic nitrogens is 4. The maximum Gasteiger partial charge on any atom is 0.246 e. The zero-order valence-electron chi connectivity index (χ0n) is 16.0. The second kappa shape index (κ2) is 7.62. The van der Waals surface area contributed by atoms with E-state index in [9.17, 15) is 13.2 Å². The van der Waals surface area contributed by atoms with Gasteiger partial charge in [-0.2, -0.15) is 4.80 Å². The minimum absolute atomic E-state index is 0.0219. The van der Waals surface area contributed by atoms with Gasteiger partial charge in [-0.3, -0.25) is 4.79 Å². The summed E-state index contributed by atoms with van der Waals surface area (Å²) in [5.74, 6) is 0.589. The highest BCUT2D eigenvalue weighted by Crippen LogP contribution is 2.29. The van der Waals surface area contributed by atoms with Crippen LogP contribution in [0.4, 0.5) is 0 Å². The van der Waals surface area contributed by atoms with E-state index in [1.807, 2.05) is 36.1 Å². The van der Waals surface area contributed by atoms with Gasteiger partial charge in [-0.25, -0.2) is 8.42 Å². The Morgan fingerprint density at radius 2 is 1.93 bits per heavy atom. The SMILES string of the molecule is Cc1ccccc1-c1nnn(CC(=O)N(C2CCCC2)[C@H]2CCS(=O)(=O)C2)n1. The standard InChI is InChI=1S/C19H25N5O3S/c1-14-6-2-5-9-17(14)19-20-22-23(21-19)12-18(25)24(15-7-3-4-8-15)16-10-11-28(26,27)13-16/h2,5-6,9,15-16H,3-4,7-8,10-13H2,1H3/t16-/m0/s1. The lowest BCUT2D eigenvalue weighted by atomic mass is 10.1. The molecule has 0 unspecified atom stereocenters. The molecular weight excluding hydrogens is 378 g/mol. The van der Waals surface area contributed by atoms with Crippen molar-refractivity contribution >= 4 is 15.7 Å². The normalized spacial score (nSPS) is 21.8. The molecule has 1 saturated heterocycles. The van der Waals surface area contributed by atoms with Crippen LogP contribution in [0.2, 0.25) is 0 Å². The summed E-state index contributed by atoms with van der Waals surface area (Å²) < 4.78 is 23.9. The maximum absolute atomic E-state index is 13.1. The third-order valence-corrected chi connectivity index (χ3v) is 7.47. The quantitative estimate of drug-likeness (QED) is 0.752. The summed E-state index contributed by atoms with van der Waals surface area (Å²) in [6.07, 6.45) is 4.53. The van der Waals surface area contributed by atoms with E-state index in [1.165, 1.54) is 4.80 Å². The van der Waals surface area contributed by atoms with Gasteiger partial charge >= 0.3 is 0 Å². The number of benzene rings is 1. The van der Waals surface area contributed by atoms with Crippen molar-refractivity contribution in [3.05, 3.63) is 29.8 Å². The van der Waals surface area contributed by atoms with Crippen LogP contribution >= 0.6 is 0 Å². The first-order chi connectivity index (χ1) is 13.4. The lowest BCUT2D eigenvalue weighted by molar-refractivity contribution is -0.136. The van der Waals surface area contributed by atoms with Gasteiger partial charge in [0, 0.05) is 17.6 Å². The molecule has 0 spiro atoms. The van der Waals surface area contributed by atoms with Crippen molar-refractivity contribution in [2.75, 3.05) is 11.5 Å². The number of carbonyl (C=O) groups excluding carboxylic acids is 1. The van der Waals surface area contributed by atoms with Gasteiger partial charge in [-0.05, 0) is 37.0 Å². The number of sulfone groups is 1. The van der Waals surface area contributed by atoms with Gasteiger partial charge in [-0.1, -0.05) is 37.1 Å². The fourth-order valence-corrected chi connectivity index (χ4v) is 6.04. The summed E-state index contributed by atoms with van der Waals surface area (Å²) in [6, 6.07) is 7.64. The van der Waals surface area contributed by atoms with Gasteiger partial charge in [0.1, 0.15) is 6.54 Å².